The molecule has 1 saturated heterocycles. The molecule has 7 nitrogen and oxygen atoms in total. The number of thiophene rings is 1. The van der Waals surface area contributed by atoms with Crippen LogP contribution in [0.4, 0.5) is 5.00 Å². The van der Waals surface area contributed by atoms with Gasteiger partial charge in [0, 0.05) is 34.3 Å². The first kappa shape index (κ1) is 20.6. The van der Waals surface area contributed by atoms with E-state index in [0.717, 1.165) is 6.34 Å². The number of nitrogens with two attached hydrogens (primary N) is 1. The van der Waals surface area contributed by atoms with Gasteiger partial charge in [0.1, 0.15) is 23.2 Å². The van der Waals surface area contributed by atoms with Crippen LogP contribution in [0.25, 0.3) is 11.1 Å². The second-order valence-corrected chi connectivity index (χ2v) is 7.83. The largest absolute Gasteiger partial charge is 0.394 e. The summed E-state index contributed by atoms with van der Waals surface area (Å²) in [4.78, 5) is 6.41. The minimum absolute atomic E-state index is 0.107. The minimum Gasteiger partial charge on any atom is -0.394 e. The zero-order valence-electron chi connectivity index (χ0n) is 14.7. The van der Waals surface area contributed by atoms with Crippen molar-refractivity contribution >= 4 is 51.7 Å². The van der Waals surface area contributed by atoms with Gasteiger partial charge >= 0.3 is 0 Å². The Hall–Kier alpha value is -2.15. The second-order valence-electron chi connectivity index (χ2n) is 5.99. The van der Waals surface area contributed by atoms with E-state index in [1.165, 1.54) is 11.3 Å². The van der Waals surface area contributed by atoms with Crippen LogP contribution in [-0.2, 0) is 4.74 Å². The highest BCUT2D eigenvalue weighted by atomic mass is 35.5. The quantitative estimate of drug-likeness (QED) is 0.490. The lowest BCUT2D eigenvalue weighted by Crippen LogP contribution is -2.44. The highest BCUT2D eigenvalue weighted by Gasteiger charge is 2.29. The molecule has 0 spiro atoms. The number of halogens is 2. The van der Waals surface area contributed by atoms with E-state index in [1.807, 2.05) is 4.90 Å². The zero-order valence-corrected chi connectivity index (χ0v) is 17.0. The standard InChI is InChI=1S/C18H17Cl2N5O2S/c19-10-1-2-12(14(20)5-10)15-13(6-21)18(28-16(15)17(23)24-9-22)25-3-4-27-11(7-25)8-26/h1-2,5,9,11,26H,3-4,7-8H2,(H3,22,23,24)/t11-/m0/s1. The number of aliphatic hydroxyl groups is 1. The van der Waals surface area contributed by atoms with Gasteiger partial charge in [-0.2, -0.15) is 5.26 Å². The number of hydrogen-bond acceptors (Lipinski definition) is 6. The zero-order chi connectivity index (χ0) is 20.3. The summed E-state index contributed by atoms with van der Waals surface area (Å²) in [5, 5.41) is 28.2. The Balaban J connectivity index is 2.22. The molecule has 1 aromatic heterocycles. The molecule has 0 bridgehead atoms. The monoisotopic (exact) mass is 437 g/mol. The van der Waals surface area contributed by atoms with Crippen LogP contribution in [0.5, 0.6) is 0 Å². The summed E-state index contributed by atoms with van der Waals surface area (Å²) < 4.78 is 5.51. The van der Waals surface area contributed by atoms with Crippen molar-refractivity contribution in [2.45, 2.75) is 6.10 Å². The first-order valence-corrected chi connectivity index (χ1v) is 9.89. The third kappa shape index (κ3) is 3.99. The average Bonchev–Trinajstić information content (AvgIpc) is 3.07. The minimum atomic E-state index is -0.332. The maximum atomic E-state index is 9.94. The van der Waals surface area contributed by atoms with Crippen molar-refractivity contribution in [1.82, 2.24) is 0 Å². The lowest BCUT2D eigenvalue weighted by Gasteiger charge is -2.32. The number of amidine groups is 1. The molecule has 3 rings (SSSR count). The molecule has 2 aromatic rings. The Labute approximate surface area is 176 Å². The molecule has 146 valence electrons. The third-order valence-corrected chi connectivity index (χ3v) is 6.09. The molecule has 10 heteroatoms. The van der Waals surface area contributed by atoms with E-state index in [-0.39, 0.29) is 18.5 Å². The number of ether oxygens (including phenoxy) is 1. The van der Waals surface area contributed by atoms with E-state index in [2.05, 4.69) is 11.1 Å². The third-order valence-electron chi connectivity index (χ3n) is 4.27. The summed E-state index contributed by atoms with van der Waals surface area (Å²) in [7, 11) is 0. The summed E-state index contributed by atoms with van der Waals surface area (Å²) in [6, 6.07) is 7.27. The van der Waals surface area contributed by atoms with Crippen LogP contribution in [0.15, 0.2) is 23.2 Å². The molecule has 4 N–H and O–H groups in total. The molecule has 0 aliphatic carbocycles. The van der Waals surface area contributed by atoms with Crippen molar-refractivity contribution in [1.29, 1.82) is 10.7 Å². The molecule has 0 amide bonds. The average molecular weight is 438 g/mol. The normalized spacial score (nSPS) is 17.4. The SMILES string of the molecule is N#Cc1c(N2CCO[C@H](CO)C2)sc(C(N)=NC=N)c1-c1ccc(Cl)cc1Cl. The summed E-state index contributed by atoms with van der Waals surface area (Å²) in [6.45, 7) is 1.34. The lowest BCUT2D eigenvalue weighted by molar-refractivity contribution is 0.00373. The Bertz CT molecular complexity index is 970. The number of morpholine rings is 1. The number of nitriles is 1. The van der Waals surface area contributed by atoms with Crippen molar-refractivity contribution in [3.8, 4) is 17.2 Å². The number of rotatable bonds is 5. The molecule has 1 fully saturated rings. The topological polar surface area (TPSA) is 119 Å². The number of aliphatic hydroxyl groups excluding tert-OH is 1. The van der Waals surface area contributed by atoms with Gasteiger partial charge in [-0.3, -0.25) is 5.41 Å². The van der Waals surface area contributed by atoms with Crippen molar-refractivity contribution in [3.63, 3.8) is 0 Å². The molecule has 0 unspecified atom stereocenters. The van der Waals surface area contributed by atoms with E-state index < -0.39 is 0 Å². The van der Waals surface area contributed by atoms with Gasteiger partial charge in [0.05, 0.1) is 29.8 Å². The fraction of sp³-hybridized carbons (Fsp3) is 0.278. The van der Waals surface area contributed by atoms with Gasteiger partial charge < -0.3 is 20.5 Å². The Morgan fingerprint density at radius 2 is 2.32 bits per heavy atom. The molecule has 1 aliphatic heterocycles. The first-order valence-electron chi connectivity index (χ1n) is 8.32. The fourth-order valence-corrected chi connectivity index (χ4v) is 4.73. The molecule has 1 atom stereocenters. The van der Waals surface area contributed by atoms with Gasteiger partial charge in [0.2, 0.25) is 0 Å². The van der Waals surface area contributed by atoms with Crippen molar-refractivity contribution in [3.05, 3.63) is 38.7 Å². The van der Waals surface area contributed by atoms with E-state index in [9.17, 15) is 10.4 Å². The number of hydrogen-bond donors (Lipinski definition) is 3. The number of aliphatic imine (C=N–C) groups is 1. The van der Waals surface area contributed by atoms with E-state index in [4.69, 9.17) is 39.1 Å². The van der Waals surface area contributed by atoms with Crippen LogP contribution in [0, 0.1) is 16.7 Å². The van der Waals surface area contributed by atoms with Gasteiger partial charge in [-0.05, 0) is 12.1 Å². The highest BCUT2D eigenvalue weighted by molar-refractivity contribution is 7.19. The molecule has 1 aliphatic rings. The second kappa shape index (κ2) is 8.90. The maximum absolute atomic E-state index is 9.94. The van der Waals surface area contributed by atoms with E-state index in [1.54, 1.807) is 18.2 Å². The van der Waals surface area contributed by atoms with Crippen molar-refractivity contribution in [2.75, 3.05) is 31.2 Å². The van der Waals surface area contributed by atoms with Gasteiger partial charge in [-0.25, -0.2) is 4.99 Å². The van der Waals surface area contributed by atoms with Crippen LogP contribution in [-0.4, -0.2) is 49.7 Å². The van der Waals surface area contributed by atoms with Gasteiger partial charge in [0.25, 0.3) is 0 Å². The van der Waals surface area contributed by atoms with E-state index in [0.29, 0.717) is 56.3 Å². The number of nitrogens with one attached hydrogen (secondary N) is 1. The van der Waals surface area contributed by atoms with E-state index >= 15 is 0 Å². The predicted molar refractivity (Wildman–Crippen MR) is 113 cm³/mol. The summed E-state index contributed by atoms with van der Waals surface area (Å²) in [5.74, 6) is 0.121. The Morgan fingerprint density at radius 3 is 2.96 bits per heavy atom. The van der Waals surface area contributed by atoms with Crippen LogP contribution in [0.3, 0.4) is 0 Å². The molecule has 2 heterocycles. The molecule has 0 radical (unpaired) electrons. The molecule has 28 heavy (non-hydrogen) atoms. The smallest absolute Gasteiger partial charge is 0.143 e. The molecular formula is C18H17Cl2N5O2S. The number of benzene rings is 1. The summed E-state index contributed by atoms with van der Waals surface area (Å²) >= 11 is 13.7. The van der Waals surface area contributed by atoms with Crippen molar-refractivity contribution < 1.29 is 9.84 Å². The summed E-state index contributed by atoms with van der Waals surface area (Å²) in [6.07, 6.45) is 0.519. The number of nitrogens with zero attached hydrogens (tertiary/aromatic N) is 3. The Kier molecular flexibility index (Phi) is 6.54. The lowest BCUT2D eigenvalue weighted by atomic mass is 10.0. The van der Waals surface area contributed by atoms with Crippen LogP contribution >= 0.6 is 34.5 Å². The maximum Gasteiger partial charge on any atom is 0.143 e. The fourth-order valence-electron chi connectivity index (χ4n) is 3.02. The summed E-state index contributed by atoms with van der Waals surface area (Å²) in [5.41, 5.74) is 7.66. The predicted octanol–water partition coefficient (Wildman–Crippen LogP) is 3.10. The number of anilines is 1. The van der Waals surface area contributed by atoms with Crippen LogP contribution in [0.2, 0.25) is 10.0 Å². The molecule has 1 aromatic carbocycles. The first-order chi connectivity index (χ1) is 13.5. The van der Waals surface area contributed by atoms with Gasteiger partial charge in [-0.15, -0.1) is 11.3 Å². The molecular weight excluding hydrogens is 421 g/mol. The Morgan fingerprint density at radius 1 is 1.54 bits per heavy atom. The highest BCUT2D eigenvalue weighted by Crippen LogP contribution is 2.44. The van der Waals surface area contributed by atoms with Crippen LogP contribution in [0.1, 0.15) is 10.4 Å². The molecule has 0 saturated carbocycles. The van der Waals surface area contributed by atoms with Gasteiger partial charge in [0.15, 0.2) is 0 Å². The van der Waals surface area contributed by atoms with Crippen LogP contribution < -0.4 is 10.6 Å². The van der Waals surface area contributed by atoms with Gasteiger partial charge in [-0.1, -0.05) is 29.3 Å². The van der Waals surface area contributed by atoms with Crippen molar-refractivity contribution in [2.24, 2.45) is 10.7 Å².